The van der Waals surface area contributed by atoms with Gasteiger partial charge in [-0.25, -0.2) is 0 Å². The van der Waals surface area contributed by atoms with E-state index in [-0.39, 0.29) is 0 Å². The van der Waals surface area contributed by atoms with Crippen LogP contribution in [0.4, 0.5) is 0 Å². The topological polar surface area (TPSA) is 29.3 Å². The van der Waals surface area contributed by atoms with Crippen LogP contribution in [-0.4, -0.2) is 30.6 Å². The minimum atomic E-state index is 0.515. The maximum Gasteiger partial charge on any atom is 0.0120 e. The highest BCUT2D eigenvalue weighted by Crippen LogP contribution is 2.33. The van der Waals surface area contributed by atoms with Gasteiger partial charge < -0.3 is 10.6 Å². The maximum atomic E-state index is 6.17. The van der Waals surface area contributed by atoms with Crippen LogP contribution in [0.1, 0.15) is 26.2 Å². The molecule has 2 atom stereocenters. The molecular weight excluding hydrogens is 148 g/mol. The quantitative estimate of drug-likeness (QED) is 0.634. The lowest BCUT2D eigenvalue weighted by atomic mass is 9.74. The Hall–Kier alpha value is -0.0800. The fourth-order valence-corrected chi connectivity index (χ4v) is 2.83. The van der Waals surface area contributed by atoms with E-state index in [0.29, 0.717) is 6.04 Å². The van der Waals surface area contributed by atoms with E-state index < -0.39 is 0 Å². The minimum Gasteiger partial charge on any atom is -0.327 e. The van der Waals surface area contributed by atoms with Crippen LogP contribution < -0.4 is 5.73 Å². The highest BCUT2D eigenvalue weighted by molar-refractivity contribution is 4.92. The van der Waals surface area contributed by atoms with Crippen LogP contribution in [0.25, 0.3) is 0 Å². The molecule has 0 unspecified atom stereocenters. The van der Waals surface area contributed by atoms with Crippen LogP contribution in [0.5, 0.6) is 0 Å². The number of nitrogens with zero attached hydrogens (tertiary/aromatic N) is 1. The van der Waals surface area contributed by atoms with Gasteiger partial charge in [0.1, 0.15) is 0 Å². The monoisotopic (exact) mass is 168 g/mol. The number of rotatable bonds is 1. The van der Waals surface area contributed by atoms with Gasteiger partial charge >= 0.3 is 0 Å². The van der Waals surface area contributed by atoms with Gasteiger partial charge in [-0.1, -0.05) is 13.3 Å². The molecule has 1 aliphatic carbocycles. The molecule has 70 valence electrons. The molecule has 2 nitrogen and oxygen atoms in total. The summed E-state index contributed by atoms with van der Waals surface area (Å²) in [7, 11) is 0. The van der Waals surface area contributed by atoms with Gasteiger partial charge in [-0.15, -0.1) is 0 Å². The lowest BCUT2D eigenvalue weighted by molar-refractivity contribution is 0.0676. The van der Waals surface area contributed by atoms with Crippen molar-refractivity contribution < 1.29 is 0 Å². The van der Waals surface area contributed by atoms with Crippen molar-refractivity contribution in [3.8, 4) is 0 Å². The Morgan fingerprint density at radius 3 is 2.33 bits per heavy atom. The van der Waals surface area contributed by atoms with Gasteiger partial charge in [0.15, 0.2) is 0 Å². The highest BCUT2D eigenvalue weighted by atomic mass is 15.1. The Morgan fingerprint density at radius 2 is 1.83 bits per heavy atom. The molecule has 0 radical (unpaired) electrons. The summed E-state index contributed by atoms with van der Waals surface area (Å²) in [6.45, 7) is 5.98. The lowest BCUT2D eigenvalue weighted by Crippen LogP contribution is -2.55. The van der Waals surface area contributed by atoms with E-state index in [1.165, 1.54) is 38.9 Å². The maximum absolute atomic E-state index is 6.17. The van der Waals surface area contributed by atoms with Crippen molar-refractivity contribution in [3.63, 3.8) is 0 Å². The third-order valence-corrected chi connectivity index (χ3v) is 3.67. The summed E-state index contributed by atoms with van der Waals surface area (Å²) in [5, 5.41) is 0. The van der Waals surface area contributed by atoms with Crippen molar-refractivity contribution in [2.24, 2.45) is 17.6 Å². The molecule has 2 bridgehead atoms. The molecule has 12 heavy (non-hydrogen) atoms. The number of nitrogens with two attached hydrogens (primary N) is 1. The number of hydrogen-bond acceptors (Lipinski definition) is 2. The van der Waals surface area contributed by atoms with E-state index in [0.717, 1.165) is 11.8 Å². The molecule has 0 aromatic carbocycles. The summed E-state index contributed by atoms with van der Waals surface area (Å²) in [6.07, 6.45) is 4.16. The first-order chi connectivity index (χ1) is 5.81. The average Bonchev–Trinajstić information content (AvgIpc) is 2.04. The van der Waals surface area contributed by atoms with E-state index >= 15 is 0 Å². The fourth-order valence-electron chi connectivity index (χ4n) is 2.83. The smallest absolute Gasteiger partial charge is 0.0120 e. The molecular formula is C10H20N2. The number of likely N-dealkylation sites (tertiary alicyclic amines) is 1. The van der Waals surface area contributed by atoms with Gasteiger partial charge in [-0.05, 0) is 31.2 Å². The van der Waals surface area contributed by atoms with Gasteiger partial charge in [0, 0.05) is 19.1 Å². The zero-order valence-electron chi connectivity index (χ0n) is 8.00. The molecule has 1 saturated carbocycles. The van der Waals surface area contributed by atoms with E-state index in [1.54, 1.807) is 0 Å². The molecule has 2 heteroatoms. The Kier molecular flexibility index (Phi) is 2.37. The highest BCUT2D eigenvalue weighted by Gasteiger charge is 2.36. The van der Waals surface area contributed by atoms with Crippen LogP contribution in [0.3, 0.4) is 0 Å². The average molecular weight is 168 g/mol. The molecule has 1 aliphatic heterocycles. The molecule has 0 aromatic rings. The summed E-state index contributed by atoms with van der Waals surface area (Å²) in [5.41, 5.74) is 6.17. The number of piperidine rings is 1. The Morgan fingerprint density at radius 1 is 1.25 bits per heavy atom. The van der Waals surface area contributed by atoms with Gasteiger partial charge in [-0.3, -0.25) is 0 Å². The van der Waals surface area contributed by atoms with Crippen LogP contribution in [0.2, 0.25) is 0 Å². The molecule has 0 spiro atoms. The molecule has 1 saturated heterocycles. The first kappa shape index (κ1) is 8.52. The van der Waals surface area contributed by atoms with Crippen LogP contribution in [0, 0.1) is 11.8 Å². The predicted molar refractivity (Wildman–Crippen MR) is 50.9 cm³/mol. The van der Waals surface area contributed by atoms with E-state index in [9.17, 15) is 0 Å². The van der Waals surface area contributed by atoms with E-state index in [1.807, 2.05) is 0 Å². The van der Waals surface area contributed by atoms with Crippen LogP contribution in [-0.2, 0) is 0 Å². The van der Waals surface area contributed by atoms with Crippen molar-refractivity contribution in [2.45, 2.75) is 32.2 Å². The normalized spacial score (nSPS) is 43.0. The third kappa shape index (κ3) is 1.38. The zero-order chi connectivity index (χ0) is 8.55. The summed E-state index contributed by atoms with van der Waals surface area (Å²) in [4.78, 5) is 2.57. The number of hydrogen-bond donors (Lipinski definition) is 1. The second-order valence-corrected chi connectivity index (χ2v) is 4.38. The second-order valence-electron chi connectivity index (χ2n) is 4.38. The Labute approximate surface area is 75.1 Å². The van der Waals surface area contributed by atoms with Crippen molar-refractivity contribution in [1.82, 2.24) is 4.90 Å². The molecule has 2 aliphatic rings. The minimum absolute atomic E-state index is 0.515. The van der Waals surface area contributed by atoms with Gasteiger partial charge in [-0.2, -0.15) is 0 Å². The first-order valence-electron chi connectivity index (χ1n) is 5.29. The van der Waals surface area contributed by atoms with E-state index in [2.05, 4.69) is 11.8 Å². The SMILES string of the molecule is CCN1C[C@H]2CCC[C@H](C1)C2N. The Bertz CT molecular complexity index is 144. The van der Waals surface area contributed by atoms with Crippen LogP contribution >= 0.6 is 0 Å². The summed E-state index contributed by atoms with van der Waals surface area (Å²) < 4.78 is 0. The van der Waals surface area contributed by atoms with Crippen molar-refractivity contribution in [1.29, 1.82) is 0 Å². The van der Waals surface area contributed by atoms with Crippen molar-refractivity contribution in [2.75, 3.05) is 19.6 Å². The van der Waals surface area contributed by atoms with Crippen LogP contribution in [0.15, 0.2) is 0 Å². The third-order valence-electron chi connectivity index (χ3n) is 3.67. The van der Waals surface area contributed by atoms with Crippen molar-refractivity contribution >= 4 is 0 Å². The summed E-state index contributed by atoms with van der Waals surface area (Å²) >= 11 is 0. The van der Waals surface area contributed by atoms with Gasteiger partial charge in [0.05, 0.1) is 0 Å². The first-order valence-corrected chi connectivity index (χ1v) is 5.29. The second kappa shape index (κ2) is 3.35. The van der Waals surface area contributed by atoms with Gasteiger partial charge in [0.25, 0.3) is 0 Å². The molecule has 2 N–H and O–H groups in total. The van der Waals surface area contributed by atoms with Gasteiger partial charge in [0.2, 0.25) is 0 Å². The molecule has 2 rings (SSSR count). The lowest BCUT2D eigenvalue weighted by Gasteiger charge is -2.45. The largest absolute Gasteiger partial charge is 0.327 e. The van der Waals surface area contributed by atoms with E-state index in [4.69, 9.17) is 5.73 Å². The zero-order valence-corrected chi connectivity index (χ0v) is 8.00. The van der Waals surface area contributed by atoms with Crippen molar-refractivity contribution in [3.05, 3.63) is 0 Å². The molecule has 0 amide bonds. The standard InChI is InChI=1S/C10H20N2/c1-2-12-6-8-4-3-5-9(7-12)10(8)11/h8-10H,2-7,11H2,1H3/t8-,9-/m1/s1. The summed E-state index contributed by atoms with van der Waals surface area (Å²) in [5.74, 6) is 1.61. The molecule has 0 aromatic heterocycles. The molecule has 2 fully saturated rings. The Balaban J connectivity index is 2.02. The number of fused-ring (bicyclic) bond motifs is 2. The fraction of sp³-hybridized carbons (Fsp3) is 1.00. The predicted octanol–water partition coefficient (Wildman–Crippen LogP) is 1.07. The molecule has 1 heterocycles. The summed E-state index contributed by atoms with van der Waals surface area (Å²) in [6, 6.07) is 0.515.